The predicted octanol–water partition coefficient (Wildman–Crippen LogP) is 3.49. The number of nitrogens with zero attached hydrogens (tertiary/aromatic N) is 2. The van der Waals surface area contributed by atoms with Crippen molar-refractivity contribution in [2.24, 2.45) is 0 Å². The molecule has 1 aliphatic rings. The van der Waals surface area contributed by atoms with E-state index in [1.54, 1.807) is 17.0 Å². The maximum atomic E-state index is 13.0. The molecule has 1 fully saturated rings. The van der Waals surface area contributed by atoms with Crippen LogP contribution in [0, 0.1) is 6.92 Å². The first kappa shape index (κ1) is 20.8. The fourth-order valence-electron chi connectivity index (χ4n) is 3.13. The number of rotatable bonds is 9. The molecule has 156 valence electrons. The van der Waals surface area contributed by atoms with Crippen LogP contribution >= 0.6 is 0 Å². The van der Waals surface area contributed by atoms with Crippen molar-refractivity contribution in [3.05, 3.63) is 41.6 Å². The van der Waals surface area contributed by atoms with Crippen molar-refractivity contribution >= 4 is 5.91 Å². The van der Waals surface area contributed by atoms with Crippen LogP contribution in [0.3, 0.4) is 0 Å². The largest absolute Gasteiger partial charge is 0.490 e. The number of amides is 1. The van der Waals surface area contributed by atoms with E-state index in [1.807, 2.05) is 45.9 Å². The summed E-state index contributed by atoms with van der Waals surface area (Å²) in [6, 6.07) is 9.09. The molecule has 0 unspecified atom stereocenters. The minimum absolute atomic E-state index is 0.0614. The van der Waals surface area contributed by atoms with E-state index in [-0.39, 0.29) is 12.0 Å². The number of benzene rings is 1. The van der Waals surface area contributed by atoms with Crippen LogP contribution in [-0.2, 0) is 0 Å². The van der Waals surface area contributed by atoms with Gasteiger partial charge in [0.2, 0.25) is 11.6 Å². The van der Waals surface area contributed by atoms with Crippen molar-refractivity contribution in [2.45, 2.75) is 33.8 Å². The number of aryl methyl sites for hydroxylation is 1. The zero-order valence-electron chi connectivity index (χ0n) is 17.4. The summed E-state index contributed by atoms with van der Waals surface area (Å²) in [5, 5.41) is 0. The van der Waals surface area contributed by atoms with Crippen LogP contribution in [-0.4, -0.2) is 54.8 Å². The molecule has 1 amide bonds. The third-order valence-corrected chi connectivity index (χ3v) is 4.44. The second-order valence-corrected chi connectivity index (χ2v) is 6.67. The maximum Gasteiger partial charge on any atom is 0.254 e. The predicted molar refractivity (Wildman–Crippen MR) is 109 cm³/mol. The number of likely N-dealkylation sites (tertiary alicyclic amines) is 1. The van der Waals surface area contributed by atoms with Gasteiger partial charge in [0.05, 0.1) is 32.9 Å². The summed E-state index contributed by atoms with van der Waals surface area (Å²) < 4.78 is 23.0. The highest BCUT2D eigenvalue weighted by molar-refractivity contribution is 5.96. The van der Waals surface area contributed by atoms with Gasteiger partial charge in [0.15, 0.2) is 11.5 Å². The topological polar surface area (TPSA) is 70.1 Å². The summed E-state index contributed by atoms with van der Waals surface area (Å²) in [6.07, 6.45) is -0.0614. The number of aromatic nitrogens is 1. The monoisotopic (exact) mass is 400 g/mol. The summed E-state index contributed by atoms with van der Waals surface area (Å²) in [6.45, 7) is 10.0. The molecule has 0 atom stereocenters. The van der Waals surface area contributed by atoms with Gasteiger partial charge in [-0.1, -0.05) is 6.07 Å². The van der Waals surface area contributed by atoms with E-state index < -0.39 is 0 Å². The number of pyridine rings is 1. The first-order valence-corrected chi connectivity index (χ1v) is 10.0. The number of ether oxygens (including phenoxy) is 4. The number of hydrogen-bond donors (Lipinski definition) is 0. The third-order valence-electron chi connectivity index (χ3n) is 4.44. The van der Waals surface area contributed by atoms with Gasteiger partial charge in [0.25, 0.3) is 5.91 Å². The van der Waals surface area contributed by atoms with E-state index in [4.69, 9.17) is 18.9 Å². The molecule has 1 saturated heterocycles. The van der Waals surface area contributed by atoms with Gasteiger partial charge in [-0.2, -0.15) is 0 Å². The molecule has 2 aromatic rings. The van der Waals surface area contributed by atoms with Crippen LogP contribution in [0.4, 0.5) is 0 Å². The second-order valence-electron chi connectivity index (χ2n) is 6.67. The smallest absolute Gasteiger partial charge is 0.254 e. The van der Waals surface area contributed by atoms with Gasteiger partial charge in [-0.3, -0.25) is 4.79 Å². The molecule has 7 nitrogen and oxygen atoms in total. The van der Waals surface area contributed by atoms with Gasteiger partial charge >= 0.3 is 0 Å². The highest BCUT2D eigenvalue weighted by Gasteiger charge is 2.34. The molecular formula is C22H28N2O5. The number of carbonyl (C=O) groups is 1. The lowest BCUT2D eigenvalue weighted by molar-refractivity contribution is 0.0159. The molecule has 0 bridgehead atoms. The molecule has 1 aromatic heterocycles. The van der Waals surface area contributed by atoms with Crippen LogP contribution in [0.1, 0.15) is 36.8 Å². The highest BCUT2D eigenvalue weighted by Crippen LogP contribution is 2.39. The zero-order chi connectivity index (χ0) is 20.8. The van der Waals surface area contributed by atoms with Crippen molar-refractivity contribution < 1.29 is 23.7 Å². The quantitative estimate of drug-likeness (QED) is 0.642. The van der Waals surface area contributed by atoms with E-state index in [0.717, 1.165) is 5.69 Å². The molecule has 3 rings (SSSR count). The van der Waals surface area contributed by atoms with E-state index in [1.165, 1.54) is 0 Å². The number of hydrogen-bond acceptors (Lipinski definition) is 6. The normalized spacial score (nSPS) is 13.6. The molecule has 0 saturated carbocycles. The molecule has 1 aliphatic heterocycles. The SMILES string of the molecule is CCOc1cc(C(=O)N2CC(Oc3cccc(C)n3)C2)cc(OCC)c1OCC. The summed E-state index contributed by atoms with van der Waals surface area (Å²) in [4.78, 5) is 19.0. The van der Waals surface area contributed by atoms with Crippen LogP contribution < -0.4 is 18.9 Å². The van der Waals surface area contributed by atoms with Gasteiger partial charge in [-0.05, 0) is 45.9 Å². The molecule has 7 heteroatoms. The maximum absolute atomic E-state index is 13.0. The van der Waals surface area contributed by atoms with Gasteiger partial charge in [0, 0.05) is 17.3 Å². The van der Waals surface area contributed by atoms with Crippen LogP contribution in [0.15, 0.2) is 30.3 Å². The Labute approximate surface area is 171 Å². The van der Waals surface area contributed by atoms with Crippen molar-refractivity contribution in [3.63, 3.8) is 0 Å². The minimum Gasteiger partial charge on any atom is -0.490 e. The Morgan fingerprint density at radius 1 is 1.03 bits per heavy atom. The lowest BCUT2D eigenvalue weighted by Crippen LogP contribution is -2.56. The fraction of sp³-hybridized carbons (Fsp3) is 0.455. The lowest BCUT2D eigenvalue weighted by Gasteiger charge is -2.38. The molecule has 0 spiro atoms. The van der Waals surface area contributed by atoms with Gasteiger partial charge in [-0.25, -0.2) is 4.98 Å². The summed E-state index contributed by atoms with van der Waals surface area (Å²) >= 11 is 0. The Balaban J connectivity index is 1.72. The highest BCUT2D eigenvalue weighted by atomic mass is 16.5. The average Bonchev–Trinajstić information content (AvgIpc) is 2.66. The third kappa shape index (κ3) is 4.91. The first-order chi connectivity index (χ1) is 14.0. The van der Waals surface area contributed by atoms with Crippen molar-refractivity contribution in [3.8, 4) is 23.1 Å². The zero-order valence-corrected chi connectivity index (χ0v) is 17.4. The van der Waals surface area contributed by atoms with E-state index >= 15 is 0 Å². The lowest BCUT2D eigenvalue weighted by atomic mass is 10.1. The van der Waals surface area contributed by atoms with Crippen molar-refractivity contribution in [2.75, 3.05) is 32.9 Å². The molecular weight excluding hydrogens is 372 g/mol. The van der Waals surface area contributed by atoms with E-state index in [0.29, 0.717) is 61.6 Å². The van der Waals surface area contributed by atoms with Crippen LogP contribution in [0.25, 0.3) is 0 Å². The summed E-state index contributed by atoms with van der Waals surface area (Å²) in [7, 11) is 0. The standard InChI is InChI=1S/C22H28N2O5/c1-5-26-18-11-16(12-19(27-6-2)21(18)28-7-3)22(25)24-13-17(14-24)29-20-10-8-9-15(4)23-20/h8-12,17H,5-7,13-14H2,1-4H3. The second kappa shape index (κ2) is 9.49. The molecule has 0 radical (unpaired) electrons. The van der Waals surface area contributed by atoms with Gasteiger partial charge in [-0.15, -0.1) is 0 Å². The molecule has 29 heavy (non-hydrogen) atoms. The molecule has 1 aromatic carbocycles. The Morgan fingerprint density at radius 2 is 1.66 bits per heavy atom. The number of carbonyl (C=O) groups excluding carboxylic acids is 1. The van der Waals surface area contributed by atoms with Crippen molar-refractivity contribution in [1.82, 2.24) is 9.88 Å². The molecule has 0 aliphatic carbocycles. The fourth-order valence-corrected chi connectivity index (χ4v) is 3.13. The Morgan fingerprint density at radius 3 is 2.21 bits per heavy atom. The van der Waals surface area contributed by atoms with Crippen LogP contribution in [0.2, 0.25) is 0 Å². The first-order valence-electron chi connectivity index (χ1n) is 10.0. The van der Waals surface area contributed by atoms with E-state index in [2.05, 4.69) is 4.98 Å². The van der Waals surface area contributed by atoms with Crippen molar-refractivity contribution in [1.29, 1.82) is 0 Å². The van der Waals surface area contributed by atoms with Gasteiger partial charge in [0.1, 0.15) is 6.10 Å². The van der Waals surface area contributed by atoms with Gasteiger partial charge < -0.3 is 23.8 Å². The summed E-state index contributed by atoms with van der Waals surface area (Å²) in [5.41, 5.74) is 1.41. The summed E-state index contributed by atoms with van der Waals surface area (Å²) in [5.74, 6) is 2.05. The average molecular weight is 400 g/mol. The Bertz CT molecular complexity index is 822. The van der Waals surface area contributed by atoms with Crippen LogP contribution in [0.5, 0.6) is 23.1 Å². The molecule has 2 heterocycles. The minimum atomic E-state index is -0.0907. The van der Waals surface area contributed by atoms with E-state index in [9.17, 15) is 4.79 Å². The Kier molecular flexibility index (Phi) is 6.80. The molecule has 0 N–H and O–H groups in total. The Hall–Kier alpha value is -2.96.